The normalized spacial score (nSPS) is 16.9. The van der Waals surface area contributed by atoms with Gasteiger partial charge in [0.1, 0.15) is 5.76 Å². The molecule has 0 atom stereocenters. The lowest BCUT2D eigenvalue weighted by molar-refractivity contribution is 0.366. The molecule has 2 nitrogen and oxygen atoms in total. The zero-order valence-electron chi connectivity index (χ0n) is 9.23. The number of fused-ring (bicyclic) bond motifs is 5. The maximum atomic E-state index is 5.53. The van der Waals surface area contributed by atoms with Crippen LogP contribution in [0.5, 0.6) is 0 Å². The number of H-pyrrole nitrogens is 1. The van der Waals surface area contributed by atoms with Crippen LogP contribution in [0.25, 0.3) is 16.5 Å². The van der Waals surface area contributed by atoms with Crippen molar-refractivity contribution in [3.63, 3.8) is 0 Å². The average Bonchev–Trinajstić information content (AvgIpc) is 2.78. The van der Waals surface area contributed by atoms with Crippen molar-refractivity contribution < 1.29 is 4.74 Å². The topological polar surface area (TPSA) is 25.0 Å². The smallest absolute Gasteiger partial charge is 0.132 e. The van der Waals surface area contributed by atoms with Gasteiger partial charge in [0.2, 0.25) is 0 Å². The second-order valence-electron chi connectivity index (χ2n) is 4.32. The number of benzene rings is 1. The number of hydrogen-bond donors (Lipinski definition) is 1. The molecule has 2 aromatic rings. The number of para-hydroxylation sites is 1. The largest absolute Gasteiger partial charge is 0.465 e. The van der Waals surface area contributed by atoms with Crippen molar-refractivity contribution >= 4 is 16.5 Å². The molecule has 0 unspecified atom stereocenters. The monoisotopic (exact) mass is 221 g/mol. The number of aromatic nitrogens is 1. The highest BCUT2D eigenvalue weighted by atomic mass is 16.5. The number of hydrogen-bond acceptors (Lipinski definition) is 1. The molecule has 1 aromatic heterocycles. The van der Waals surface area contributed by atoms with Gasteiger partial charge in [-0.3, -0.25) is 0 Å². The lowest BCUT2D eigenvalue weighted by Crippen LogP contribution is -2.04. The molecular weight excluding hydrogens is 210 g/mol. The number of allylic oxidation sites excluding steroid dienone is 4. The van der Waals surface area contributed by atoms with Gasteiger partial charge in [-0.2, -0.15) is 0 Å². The fourth-order valence-corrected chi connectivity index (χ4v) is 2.60. The minimum absolute atomic E-state index is 0.930. The van der Waals surface area contributed by atoms with Crippen LogP contribution in [0.1, 0.15) is 11.3 Å². The molecule has 1 aliphatic carbocycles. The predicted octanol–water partition coefficient (Wildman–Crippen LogP) is 3.54. The van der Waals surface area contributed by atoms with Gasteiger partial charge in [0.05, 0.1) is 12.0 Å². The highest BCUT2D eigenvalue weighted by Crippen LogP contribution is 2.37. The van der Waals surface area contributed by atoms with Crippen molar-refractivity contribution in [3.05, 3.63) is 65.8 Å². The summed E-state index contributed by atoms with van der Waals surface area (Å²) in [7, 11) is 0. The van der Waals surface area contributed by atoms with Crippen molar-refractivity contribution in [3.8, 4) is 0 Å². The van der Waals surface area contributed by atoms with Gasteiger partial charge in [0.25, 0.3) is 0 Å². The number of ether oxygens (including phenoxy) is 1. The fourth-order valence-electron chi connectivity index (χ4n) is 2.60. The molecule has 0 bridgehead atoms. The van der Waals surface area contributed by atoms with Crippen molar-refractivity contribution in [2.45, 2.75) is 6.42 Å². The molecule has 0 radical (unpaired) electrons. The Hall–Kier alpha value is -2.22. The molecule has 0 saturated heterocycles. The molecular formula is C15H11NO. The van der Waals surface area contributed by atoms with Crippen LogP contribution < -0.4 is 0 Å². The lowest BCUT2D eigenvalue weighted by Gasteiger charge is -2.18. The molecule has 0 spiro atoms. The highest BCUT2D eigenvalue weighted by Gasteiger charge is 2.22. The lowest BCUT2D eigenvalue weighted by atomic mass is 9.95. The minimum Gasteiger partial charge on any atom is -0.465 e. The number of nitrogens with one attached hydrogen (secondary N) is 1. The second kappa shape index (κ2) is 3.14. The van der Waals surface area contributed by atoms with Gasteiger partial charge in [-0.25, -0.2) is 0 Å². The zero-order valence-corrected chi connectivity index (χ0v) is 9.23. The van der Waals surface area contributed by atoms with E-state index >= 15 is 0 Å². The van der Waals surface area contributed by atoms with Gasteiger partial charge in [0, 0.05) is 16.5 Å². The molecule has 2 aliphatic rings. The molecule has 0 fully saturated rings. The van der Waals surface area contributed by atoms with Crippen LogP contribution in [0.2, 0.25) is 0 Å². The summed E-state index contributed by atoms with van der Waals surface area (Å²) < 4.78 is 5.53. The van der Waals surface area contributed by atoms with Crippen LogP contribution in [0.15, 0.2) is 54.5 Å². The van der Waals surface area contributed by atoms with Gasteiger partial charge in [-0.05, 0) is 36.3 Å². The Kier molecular flexibility index (Phi) is 1.64. The van der Waals surface area contributed by atoms with E-state index in [1.807, 2.05) is 6.08 Å². The molecule has 1 aliphatic heterocycles. The molecule has 2 heteroatoms. The van der Waals surface area contributed by atoms with Crippen LogP contribution in [0.4, 0.5) is 0 Å². The molecule has 17 heavy (non-hydrogen) atoms. The van der Waals surface area contributed by atoms with Crippen molar-refractivity contribution in [2.24, 2.45) is 0 Å². The SMILES string of the molecule is C1=COC2=CCc3c([nH]c4ccccc34)C2=C1. The summed E-state index contributed by atoms with van der Waals surface area (Å²) in [6.07, 6.45) is 8.84. The first-order chi connectivity index (χ1) is 8.43. The number of aromatic amines is 1. The van der Waals surface area contributed by atoms with Crippen LogP contribution in [0.3, 0.4) is 0 Å². The summed E-state index contributed by atoms with van der Waals surface area (Å²) in [5, 5.41) is 1.31. The third kappa shape index (κ3) is 1.15. The van der Waals surface area contributed by atoms with Crippen molar-refractivity contribution in [1.82, 2.24) is 4.98 Å². The van der Waals surface area contributed by atoms with Gasteiger partial charge < -0.3 is 9.72 Å². The third-order valence-corrected chi connectivity index (χ3v) is 3.38. The summed E-state index contributed by atoms with van der Waals surface area (Å²) in [4.78, 5) is 3.49. The van der Waals surface area contributed by atoms with Gasteiger partial charge in [-0.1, -0.05) is 18.2 Å². The van der Waals surface area contributed by atoms with Crippen molar-refractivity contribution in [1.29, 1.82) is 0 Å². The van der Waals surface area contributed by atoms with Gasteiger partial charge in [0.15, 0.2) is 0 Å². The maximum Gasteiger partial charge on any atom is 0.132 e. The molecule has 0 amide bonds. The molecule has 1 aromatic carbocycles. The molecule has 1 N–H and O–H groups in total. The van der Waals surface area contributed by atoms with E-state index < -0.39 is 0 Å². The molecule has 82 valence electrons. The summed E-state index contributed by atoms with van der Waals surface area (Å²) in [5.41, 5.74) is 4.93. The Morgan fingerprint density at radius 2 is 2.12 bits per heavy atom. The van der Waals surface area contributed by atoms with E-state index in [1.54, 1.807) is 6.26 Å². The van der Waals surface area contributed by atoms with Crippen LogP contribution in [-0.2, 0) is 11.2 Å². The van der Waals surface area contributed by atoms with E-state index in [4.69, 9.17) is 4.74 Å². The van der Waals surface area contributed by atoms with Gasteiger partial charge in [-0.15, -0.1) is 0 Å². The van der Waals surface area contributed by atoms with E-state index in [9.17, 15) is 0 Å². The molecule has 4 rings (SSSR count). The van der Waals surface area contributed by atoms with Crippen molar-refractivity contribution in [2.75, 3.05) is 0 Å². The summed E-state index contributed by atoms with van der Waals surface area (Å²) in [6.45, 7) is 0. The Bertz CT molecular complexity index is 701. The van der Waals surface area contributed by atoms with Crippen LogP contribution in [0, 0.1) is 0 Å². The Morgan fingerprint density at radius 3 is 3.12 bits per heavy atom. The Balaban J connectivity index is 2.05. The van der Waals surface area contributed by atoms with E-state index in [1.165, 1.54) is 22.2 Å². The fraction of sp³-hybridized carbons (Fsp3) is 0.0667. The molecule has 2 heterocycles. The zero-order chi connectivity index (χ0) is 11.2. The average molecular weight is 221 g/mol. The highest BCUT2D eigenvalue weighted by molar-refractivity contribution is 5.93. The third-order valence-electron chi connectivity index (χ3n) is 3.38. The maximum absolute atomic E-state index is 5.53. The van der Waals surface area contributed by atoms with Crippen LogP contribution >= 0.6 is 0 Å². The second-order valence-corrected chi connectivity index (χ2v) is 4.32. The summed E-state index contributed by atoms with van der Waals surface area (Å²) in [6, 6.07) is 8.43. The quantitative estimate of drug-likeness (QED) is 0.723. The minimum atomic E-state index is 0.930. The first-order valence-corrected chi connectivity index (χ1v) is 5.77. The van der Waals surface area contributed by atoms with E-state index in [0.29, 0.717) is 0 Å². The number of rotatable bonds is 0. The van der Waals surface area contributed by atoms with E-state index in [2.05, 4.69) is 41.4 Å². The summed E-state index contributed by atoms with van der Waals surface area (Å²) >= 11 is 0. The first-order valence-electron chi connectivity index (χ1n) is 5.77. The molecule has 0 saturated carbocycles. The Labute approximate surface area is 98.9 Å². The van der Waals surface area contributed by atoms with E-state index in [-0.39, 0.29) is 0 Å². The standard InChI is InChI=1S/C15H11NO/c1-2-6-13-10(4-1)11-7-8-14-12(15(11)16-13)5-3-9-17-14/h1-6,8-9,16H,7H2. The van der Waals surface area contributed by atoms with E-state index in [0.717, 1.165) is 17.8 Å². The van der Waals surface area contributed by atoms with Crippen LogP contribution in [-0.4, -0.2) is 4.98 Å². The summed E-state index contributed by atoms with van der Waals surface area (Å²) in [5.74, 6) is 0.964. The Morgan fingerprint density at radius 1 is 1.18 bits per heavy atom. The van der Waals surface area contributed by atoms with Gasteiger partial charge >= 0.3 is 0 Å². The first kappa shape index (κ1) is 8.88. The predicted molar refractivity (Wildman–Crippen MR) is 68.3 cm³/mol.